The minimum absolute atomic E-state index is 0.217. The monoisotopic (exact) mass is 233 g/mol. The number of nitrogens with one attached hydrogen (secondary N) is 1. The van der Waals surface area contributed by atoms with E-state index >= 15 is 0 Å². The largest absolute Gasteiger partial charge is 0.316 e. The normalized spacial score (nSPS) is 10.8. The van der Waals surface area contributed by atoms with E-state index in [1.165, 1.54) is 0 Å². The molecule has 0 unspecified atom stereocenters. The lowest BCUT2D eigenvalue weighted by Gasteiger charge is -2.09. The Morgan fingerprint density at radius 1 is 1.41 bits per heavy atom. The van der Waals surface area contributed by atoms with E-state index in [0.29, 0.717) is 12.2 Å². The number of hydrogen-bond donors (Lipinski definition) is 1. The van der Waals surface area contributed by atoms with Crippen LogP contribution in [-0.4, -0.2) is 16.6 Å². The fourth-order valence-electron chi connectivity index (χ4n) is 1.88. The van der Waals surface area contributed by atoms with Gasteiger partial charge in [0.05, 0.1) is 5.69 Å². The first-order valence-electron chi connectivity index (χ1n) is 5.72. The predicted octanol–water partition coefficient (Wildman–Crippen LogP) is 2.29. The van der Waals surface area contributed by atoms with Gasteiger partial charge in [-0.25, -0.2) is 9.37 Å². The van der Waals surface area contributed by atoms with Crippen molar-refractivity contribution in [2.45, 2.75) is 19.9 Å². The van der Waals surface area contributed by atoms with Crippen LogP contribution in [0.4, 0.5) is 4.39 Å². The summed E-state index contributed by atoms with van der Waals surface area (Å²) in [5.41, 5.74) is 1.49. The Hall–Kier alpha value is -1.68. The predicted molar refractivity (Wildman–Crippen MR) is 65.7 cm³/mol. The first-order valence-corrected chi connectivity index (χ1v) is 5.72. The van der Waals surface area contributed by atoms with Gasteiger partial charge in [-0.15, -0.1) is 0 Å². The molecule has 1 heterocycles. The molecule has 0 aliphatic rings. The second kappa shape index (κ2) is 5.10. The summed E-state index contributed by atoms with van der Waals surface area (Å²) in [6, 6.07) is 5.28. The zero-order chi connectivity index (χ0) is 12.3. The molecule has 0 aliphatic carbocycles. The standard InChI is InChI=1S/C13H16FN3/c1-3-13-16-6-7-17(13)12-5-4-10(9-15-2)8-11(12)14/h4-8,15H,3,9H2,1-2H3. The van der Waals surface area contributed by atoms with Crippen LogP contribution in [-0.2, 0) is 13.0 Å². The van der Waals surface area contributed by atoms with Crippen LogP contribution < -0.4 is 5.32 Å². The summed E-state index contributed by atoms with van der Waals surface area (Å²) in [6.07, 6.45) is 4.26. The highest BCUT2D eigenvalue weighted by atomic mass is 19.1. The van der Waals surface area contributed by atoms with Crippen LogP contribution in [0.5, 0.6) is 0 Å². The van der Waals surface area contributed by atoms with Gasteiger partial charge < -0.3 is 9.88 Å². The van der Waals surface area contributed by atoms with Gasteiger partial charge in [0.1, 0.15) is 11.6 Å². The van der Waals surface area contributed by atoms with Crippen LogP contribution in [0.15, 0.2) is 30.6 Å². The van der Waals surface area contributed by atoms with E-state index in [0.717, 1.165) is 17.8 Å². The van der Waals surface area contributed by atoms with Gasteiger partial charge in [0.2, 0.25) is 0 Å². The Kier molecular flexibility index (Phi) is 3.54. The molecular weight excluding hydrogens is 217 g/mol. The van der Waals surface area contributed by atoms with Crippen molar-refractivity contribution in [2.24, 2.45) is 0 Å². The highest BCUT2D eigenvalue weighted by Gasteiger charge is 2.08. The van der Waals surface area contributed by atoms with Crippen LogP contribution >= 0.6 is 0 Å². The summed E-state index contributed by atoms with van der Waals surface area (Å²) in [6.45, 7) is 2.67. The van der Waals surface area contributed by atoms with E-state index in [2.05, 4.69) is 10.3 Å². The van der Waals surface area contributed by atoms with Crippen LogP contribution in [0.3, 0.4) is 0 Å². The molecule has 0 saturated carbocycles. The van der Waals surface area contributed by atoms with E-state index in [1.54, 1.807) is 29.1 Å². The summed E-state index contributed by atoms with van der Waals surface area (Å²) in [5, 5.41) is 3.00. The molecule has 0 saturated heterocycles. The Labute approximate surface area is 100 Å². The zero-order valence-corrected chi connectivity index (χ0v) is 10.1. The first-order chi connectivity index (χ1) is 8.26. The van der Waals surface area contributed by atoms with E-state index in [4.69, 9.17) is 0 Å². The van der Waals surface area contributed by atoms with Crippen molar-refractivity contribution < 1.29 is 4.39 Å². The molecule has 0 amide bonds. The molecule has 4 heteroatoms. The van der Waals surface area contributed by atoms with E-state index < -0.39 is 0 Å². The smallest absolute Gasteiger partial charge is 0.147 e. The third-order valence-electron chi connectivity index (χ3n) is 2.69. The van der Waals surface area contributed by atoms with Crippen molar-refractivity contribution in [3.05, 3.63) is 47.8 Å². The van der Waals surface area contributed by atoms with Gasteiger partial charge in [-0.2, -0.15) is 0 Å². The molecule has 0 aliphatic heterocycles. The van der Waals surface area contributed by atoms with Crippen molar-refractivity contribution >= 4 is 0 Å². The van der Waals surface area contributed by atoms with Crippen LogP contribution in [0, 0.1) is 5.82 Å². The SMILES string of the molecule is CCc1nccn1-c1ccc(CNC)cc1F. The second-order valence-electron chi connectivity index (χ2n) is 3.88. The number of rotatable bonds is 4. The molecular formula is C13H16FN3. The lowest BCUT2D eigenvalue weighted by Crippen LogP contribution is -2.07. The molecule has 3 nitrogen and oxygen atoms in total. The number of imidazole rings is 1. The van der Waals surface area contributed by atoms with Gasteiger partial charge in [0.25, 0.3) is 0 Å². The molecule has 0 spiro atoms. The molecule has 2 rings (SSSR count). The van der Waals surface area contributed by atoms with E-state index in [-0.39, 0.29) is 5.82 Å². The highest BCUT2D eigenvalue weighted by Crippen LogP contribution is 2.17. The summed E-state index contributed by atoms with van der Waals surface area (Å²) >= 11 is 0. The summed E-state index contributed by atoms with van der Waals surface area (Å²) in [5.74, 6) is 0.649. The lowest BCUT2D eigenvalue weighted by molar-refractivity contribution is 0.611. The van der Waals surface area contributed by atoms with Gasteiger partial charge in [-0.05, 0) is 24.7 Å². The van der Waals surface area contributed by atoms with Crippen molar-refractivity contribution in [3.63, 3.8) is 0 Å². The van der Waals surface area contributed by atoms with Crippen LogP contribution in [0.25, 0.3) is 5.69 Å². The minimum Gasteiger partial charge on any atom is -0.316 e. The molecule has 17 heavy (non-hydrogen) atoms. The Morgan fingerprint density at radius 2 is 2.24 bits per heavy atom. The van der Waals surface area contributed by atoms with Crippen LogP contribution in [0.1, 0.15) is 18.3 Å². The average Bonchev–Trinajstić information content (AvgIpc) is 2.77. The summed E-state index contributed by atoms with van der Waals surface area (Å²) in [4.78, 5) is 4.19. The molecule has 1 aromatic carbocycles. The van der Waals surface area contributed by atoms with Gasteiger partial charge in [-0.1, -0.05) is 13.0 Å². The van der Waals surface area contributed by atoms with Gasteiger partial charge in [0.15, 0.2) is 0 Å². The topological polar surface area (TPSA) is 29.9 Å². The van der Waals surface area contributed by atoms with Crippen molar-refractivity contribution in [3.8, 4) is 5.69 Å². The summed E-state index contributed by atoms with van der Waals surface area (Å²) < 4.78 is 15.8. The Morgan fingerprint density at radius 3 is 2.88 bits per heavy atom. The Balaban J connectivity index is 2.39. The van der Waals surface area contributed by atoms with E-state index in [1.807, 2.05) is 20.0 Å². The maximum Gasteiger partial charge on any atom is 0.147 e. The zero-order valence-electron chi connectivity index (χ0n) is 10.1. The number of halogens is 1. The van der Waals surface area contributed by atoms with Gasteiger partial charge in [0, 0.05) is 25.4 Å². The molecule has 0 radical (unpaired) electrons. The van der Waals surface area contributed by atoms with E-state index in [9.17, 15) is 4.39 Å². The lowest BCUT2D eigenvalue weighted by atomic mass is 10.2. The fraction of sp³-hybridized carbons (Fsp3) is 0.308. The highest BCUT2D eigenvalue weighted by molar-refractivity contribution is 5.37. The van der Waals surface area contributed by atoms with Crippen molar-refractivity contribution in [1.82, 2.24) is 14.9 Å². The number of aryl methyl sites for hydroxylation is 1. The summed E-state index contributed by atoms with van der Waals surface area (Å²) in [7, 11) is 1.84. The maximum atomic E-state index is 14.0. The third-order valence-corrected chi connectivity index (χ3v) is 2.69. The molecule has 0 atom stereocenters. The molecule has 90 valence electrons. The van der Waals surface area contributed by atoms with Crippen molar-refractivity contribution in [1.29, 1.82) is 0 Å². The molecule has 2 aromatic rings. The molecule has 1 N–H and O–H groups in total. The Bertz CT molecular complexity index is 505. The molecule has 0 fully saturated rings. The number of nitrogens with zero attached hydrogens (tertiary/aromatic N) is 2. The molecule has 0 bridgehead atoms. The molecule has 1 aromatic heterocycles. The number of hydrogen-bond acceptors (Lipinski definition) is 2. The third kappa shape index (κ3) is 2.36. The fourth-order valence-corrected chi connectivity index (χ4v) is 1.88. The number of benzene rings is 1. The first kappa shape index (κ1) is 11.8. The maximum absolute atomic E-state index is 14.0. The van der Waals surface area contributed by atoms with Crippen LogP contribution in [0.2, 0.25) is 0 Å². The minimum atomic E-state index is -0.217. The number of aromatic nitrogens is 2. The quantitative estimate of drug-likeness (QED) is 0.878. The van der Waals surface area contributed by atoms with Crippen molar-refractivity contribution in [2.75, 3.05) is 7.05 Å². The van der Waals surface area contributed by atoms with Gasteiger partial charge in [-0.3, -0.25) is 0 Å². The average molecular weight is 233 g/mol. The van der Waals surface area contributed by atoms with Gasteiger partial charge >= 0.3 is 0 Å². The second-order valence-corrected chi connectivity index (χ2v) is 3.88.